The number of rotatable bonds is 5. The van der Waals surface area contributed by atoms with Crippen LogP contribution in [0.25, 0.3) is 33.3 Å². The fraction of sp³-hybridized carbons (Fsp3) is 0.125. The fourth-order valence-corrected chi connectivity index (χ4v) is 4.68. The predicted octanol–water partition coefficient (Wildman–Crippen LogP) is 6.02. The van der Waals surface area contributed by atoms with Crippen molar-refractivity contribution in [2.45, 2.75) is 17.7 Å². The second-order valence-corrected chi connectivity index (χ2v) is 8.13. The lowest BCUT2D eigenvalue weighted by Crippen LogP contribution is -2.05. The first-order valence-electron chi connectivity index (χ1n) is 9.74. The Kier molecular flexibility index (Phi) is 5.02. The molecule has 0 atom stereocenters. The molecule has 0 spiro atoms. The summed E-state index contributed by atoms with van der Waals surface area (Å²) in [5.74, 6) is -1.26. The van der Waals surface area contributed by atoms with Crippen molar-refractivity contribution in [3.63, 3.8) is 0 Å². The molecule has 31 heavy (non-hydrogen) atoms. The molecule has 0 unspecified atom stereocenters. The zero-order chi connectivity index (χ0) is 21.5. The van der Waals surface area contributed by atoms with Gasteiger partial charge in [-0.2, -0.15) is 4.33 Å². The van der Waals surface area contributed by atoms with Gasteiger partial charge in [0.1, 0.15) is 0 Å². The quantitative estimate of drug-likeness (QED) is 0.228. The van der Waals surface area contributed by atoms with Crippen molar-refractivity contribution in [2.24, 2.45) is 0 Å². The molecule has 5 rings (SSSR count). The minimum atomic E-state index is -0.947. The van der Waals surface area contributed by atoms with Crippen LogP contribution in [0.1, 0.15) is 21.5 Å². The molecule has 0 bridgehead atoms. The molecule has 0 aliphatic heterocycles. The van der Waals surface area contributed by atoms with Crippen LogP contribution >= 0.6 is 12.0 Å². The van der Waals surface area contributed by atoms with Gasteiger partial charge in [-0.25, -0.2) is 14.1 Å². The van der Waals surface area contributed by atoms with Crippen LogP contribution in [0.5, 0.6) is 0 Å². The lowest BCUT2D eigenvalue weighted by molar-refractivity contribution is -0.160. The molecule has 5 nitrogen and oxygen atoms in total. The van der Waals surface area contributed by atoms with E-state index in [0.717, 1.165) is 63.1 Å². The SMILES string of the molecule is COOSc1cccc(-c2ccc3c4c([nH]c3c2F)-c2ccc(C(=O)O)cc2CC4)c1. The summed E-state index contributed by atoms with van der Waals surface area (Å²) in [5.41, 5.74) is 5.78. The van der Waals surface area contributed by atoms with Gasteiger partial charge in [0.25, 0.3) is 0 Å². The summed E-state index contributed by atoms with van der Waals surface area (Å²) in [7, 11) is 1.43. The van der Waals surface area contributed by atoms with Gasteiger partial charge < -0.3 is 10.1 Å². The molecule has 7 heteroatoms. The van der Waals surface area contributed by atoms with Gasteiger partial charge in [-0.05, 0) is 53.8 Å². The van der Waals surface area contributed by atoms with E-state index >= 15 is 4.39 Å². The minimum Gasteiger partial charge on any atom is -0.478 e. The fourth-order valence-electron chi connectivity index (χ4n) is 4.22. The number of aromatic carboxylic acids is 1. The van der Waals surface area contributed by atoms with Gasteiger partial charge in [0.2, 0.25) is 0 Å². The second kappa shape index (κ2) is 7.85. The first-order chi connectivity index (χ1) is 15.1. The second-order valence-electron chi connectivity index (χ2n) is 7.35. The Bertz CT molecular complexity index is 1330. The Labute approximate surface area is 182 Å². The molecule has 3 aromatic carbocycles. The summed E-state index contributed by atoms with van der Waals surface area (Å²) < 4.78 is 20.5. The molecular weight excluding hydrogens is 417 g/mol. The molecule has 156 valence electrons. The van der Waals surface area contributed by atoms with E-state index in [0.29, 0.717) is 11.1 Å². The first-order valence-corrected chi connectivity index (χ1v) is 10.5. The Balaban J connectivity index is 1.61. The maximum absolute atomic E-state index is 15.6. The average molecular weight is 435 g/mol. The van der Waals surface area contributed by atoms with E-state index in [1.54, 1.807) is 18.2 Å². The third kappa shape index (κ3) is 3.40. The van der Waals surface area contributed by atoms with Crippen LogP contribution in [0, 0.1) is 5.82 Å². The molecule has 1 heterocycles. The molecule has 1 aliphatic rings. The summed E-state index contributed by atoms with van der Waals surface area (Å²) in [6, 6.07) is 16.3. The summed E-state index contributed by atoms with van der Waals surface area (Å²) in [6.45, 7) is 0. The van der Waals surface area contributed by atoms with Crippen molar-refractivity contribution in [1.82, 2.24) is 4.98 Å². The number of hydrogen-bond acceptors (Lipinski definition) is 4. The van der Waals surface area contributed by atoms with E-state index in [2.05, 4.69) is 9.87 Å². The van der Waals surface area contributed by atoms with Crippen LogP contribution in [0.15, 0.2) is 59.5 Å². The van der Waals surface area contributed by atoms with Gasteiger partial charge in [0, 0.05) is 21.4 Å². The predicted molar refractivity (Wildman–Crippen MR) is 117 cm³/mol. The number of fused-ring (bicyclic) bond motifs is 5. The molecule has 0 radical (unpaired) electrons. The van der Waals surface area contributed by atoms with Crippen molar-refractivity contribution in [3.8, 4) is 22.4 Å². The number of aromatic amines is 1. The van der Waals surface area contributed by atoms with Crippen molar-refractivity contribution < 1.29 is 23.5 Å². The Morgan fingerprint density at radius 2 is 1.94 bits per heavy atom. The number of nitrogens with one attached hydrogen (secondary N) is 1. The van der Waals surface area contributed by atoms with Gasteiger partial charge in [0.05, 0.1) is 35.9 Å². The highest BCUT2D eigenvalue weighted by Crippen LogP contribution is 2.40. The van der Waals surface area contributed by atoms with E-state index in [4.69, 9.17) is 4.33 Å². The number of benzene rings is 3. The smallest absolute Gasteiger partial charge is 0.335 e. The molecule has 0 amide bonds. The number of carboxylic acids is 1. The van der Waals surface area contributed by atoms with E-state index in [-0.39, 0.29) is 11.4 Å². The lowest BCUT2D eigenvalue weighted by atomic mass is 9.88. The van der Waals surface area contributed by atoms with Crippen LogP contribution < -0.4 is 0 Å². The van der Waals surface area contributed by atoms with E-state index in [1.165, 1.54) is 7.11 Å². The molecule has 0 saturated carbocycles. The standard InChI is InChI=1S/C24H18FNO4S/c1-29-30-31-16-4-2-3-13(12-16)17-9-10-20-19-8-5-14-11-15(24(27)28)6-7-18(14)22(19)26-23(20)21(17)25/h2-4,6-7,9-12,26H,5,8H2,1H3,(H,27,28). The normalized spacial score (nSPS) is 12.6. The largest absolute Gasteiger partial charge is 0.478 e. The van der Waals surface area contributed by atoms with Crippen LogP contribution in [0.3, 0.4) is 0 Å². The van der Waals surface area contributed by atoms with Crippen LogP contribution in [-0.2, 0) is 22.1 Å². The van der Waals surface area contributed by atoms with Gasteiger partial charge in [-0.1, -0.05) is 30.3 Å². The molecule has 0 fully saturated rings. The highest BCUT2D eigenvalue weighted by Gasteiger charge is 2.24. The number of H-pyrrole nitrogens is 1. The molecule has 1 aliphatic carbocycles. The zero-order valence-corrected chi connectivity index (χ0v) is 17.4. The first kappa shape index (κ1) is 19.8. The third-order valence-electron chi connectivity index (χ3n) is 5.63. The van der Waals surface area contributed by atoms with Crippen molar-refractivity contribution in [1.29, 1.82) is 0 Å². The lowest BCUT2D eigenvalue weighted by Gasteiger charge is -2.17. The third-order valence-corrected chi connectivity index (χ3v) is 6.28. The Morgan fingerprint density at radius 3 is 2.74 bits per heavy atom. The van der Waals surface area contributed by atoms with Gasteiger partial charge in [0.15, 0.2) is 5.82 Å². The number of carboxylic acid groups (broad SMARTS) is 1. The van der Waals surface area contributed by atoms with Gasteiger partial charge >= 0.3 is 5.97 Å². The molecule has 0 saturated heterocycles. The monoisotopic (exact) mass is 435 g/mol. The van der Waals surface area contributed by atoms with Crippen molar-refractivity contribution in [2.75, 3.05) is 7.11 Å². The zero-order valence-electron chi connectivity index (χ0n) is 16.6. The Hall–Kier alpha value is -3.13. The summed E-state index contributed by atoms with van der Waals surface area (Å²) in [5, 5.41) is 10.1. The maximum Gasteiger partial charge on any atom is 0.335 e. The number of carbonyl (C=O) groups is 1. The molecule has 2 N–H and O–H groups in total. The topological polar surface area (TPSA) is 71.5 Å². The highest BCUT2D eigenvalue weighted by atomic mass is 32.2. The van der Waals surface area contributed by atoms with Gasteiger partial charge in [-0.3, -0.25) is 0 Å². The number of halogens is 1. The highest BCUT2D eigenvalue weighted by molar-refractivity contribution is 7.94. The minimum absolute atomic E-state index is 0.266. The van der Waals surface area contributed by atoms with E-state index in [9.17, 15) is 9.90 Å². The van der Waals surface area contributed by atoms with Crippen molar-refractivity contribution >= 4 is 28.9 Å². The van der Waals surface area contributed by atoms with Crippen molar-refractivity contribution in [3.05, 3.63) is 77.1 Å². The summed E-state index contributed by atoms with van der Waals surface area (Å²) in [4.78, 5) is 20.0. The van der Waals surface area contributed by atoms with Crippen LogP contribution in [-0.4, -0.2) is 23.2 Å². The molecular formula is C24H18FNO4S. The Morgan fingerprint density at radius 1 is 1.10 bits per heavy atom. The van der Waals surface area contributed by atoms with Crippen LogP contribution in [0.2, 0.25) is 0 Å². The van der Waals surface area contributed by atoms with Crippen LogP contribution in [0.4, 0.5) is 4.39 Å². The van der Waals surface area contributed by atoms with Gasteiger partial charge in [-0.15, -0.1) is 0 Å². The van der Waals surface area contributed by atoms with E-state index in [1.807, 2.05) is 36.4 Å². The number of aromatic nitrogens is 1. The van der Waals surface area contributed by atoms with E-state index < -0.39 is 5.97 Å². The summed E-state index contributed by atoms with van der Waals surface area (Å²) >= 11 is 1.06. The molecule has 4 aromatic rings. The number of aryl methyl sites for hydroxylation is 2. The average Bonchev–Trinajstić information content (AvgIpc) is 3.18. The molecule has 1 aromatic heterocycles. The number of hydrogen-bond donors (Lipinski definition) is 2. The summed E-state index contributed by atoms with van der Waals surface area (Å²) in [6.07, 6.45) is 1.45. The maximum atomic E-state index is 15.6.